The standard InChI is InChI=1S/C12H10FNO3S/c13-8-1-3-9(4-2-8)17-6-5-11-14-10(7-18-11)12(15)16/h1-4,7H,5-6H2,(H,15,16). The molecule has 0 unspecified atom stereocenters. The van der Waals surface area contributed by atoms with Crippen molar-refractivity contribution >= 4 is 17.3 Å². The summed E-state index contributed by atoms with van der Waals surface area (Å²) < 4.78 is 18.0. The SMILES string of the molecule is O=C(O)c1csc(CCOc2ccc(F)cc2)n1. The molecule has 0 atom stereocenters. The van der Waals surface area contributed by atoms with Crippen molar-refractivity contribution in [2.24, 2.45) is 0 Å². The van der Waals surface area contributed by atoms with Crippen LogP contribution in [0.5, 0.6) is 5.75 Å². The Balaban J connectivity index is 1.84. The van der Waals surface area contributed by atoms with Crippen LogP contribution in [-0.4, -0.2) is 22.7 Å². The molecule has 1 aromatic carbocycles. The van der Waals surface area contributed by atoms with Gasteiger partial charge in [0.25, 0.3) is 0 Å². The van der Waals surface area contributed by atoms with E-state index in [9.17, 15) is 9.18 Å². The highest BCUT2D eigenvalue weighted by molar-refractivity contribution is 7.09. The maximum absolute atomic E-state index is 12.6. The molecule has 2 aromatic rings. The number of aromatic nitrogens is 1. The molecule has 94 valence electrons. The lowest BCUT2D eigenvalue weighted by Crippen LogP contribution is -2.02. The zero-order valence-electron chi connectivity index (χ0n) is 9.30. The molecule has 0 spiro atoms. The maximum atomic E-state index is 12.6. The van der Waals surface area contributed by atoms with Crippen LogP contribution in [0.3, 0.4) is 0 Å². The second-order valence-electron chi connectivity index (χ2n) is 3.48. The van der Waals surface area contributed by atoms with Crippen LogP contribution in [0.15, 0.2) is 29.6 Å². The first-order chi connectivity index (χ1) is 8.65. The van der Waals surface area contributed by atoms with Gasteiger partial charge < -0.3 is 9.84 Å². The second kappa shape index (κ2) is 5.59. The van der Waals surface area contributed by atoms with Crippen molar-refractivity contribution in [2.75, 3.05) is 6.61 Å². The van der Waals surface area contributed by atoms with E-state index in [1.165, 1.54) is 28.8 Å². The van der Waals surface area contributed by atoms with Gasteiger partial charge in [0.1, 0.15) is 11.6 Å². The smallest absolute Gasteiger partial charge is 0.355 e. The van der Waals surface area contributed by atoms with Crippen molar-refractivity contribution in [1.29, 1.82) is 0 Å². The summed E-state index contributed by atoms with van der Waals surface area (Å²) >= 11 is 1.28. The molecule has 18 heavy (non-hydrogen) atoms. The summed E-state index contributed by atoms with van der Waals surface area (Å²) in [6.07, 6.45) is 0.523. The van der Waals surface area contributed by atoms with Gasteiger partial charge in [-0.25, -0.2) is 14.2 Å². The van der Waals surface area contributed by atoms with Crippen LogP contribution in [-0.2, 0) is 6.42 Å². The van der Waals surface area contributed by atoms with Gasteiger partial charge in [0.05, 0.1) is 11.6 Å². The first kappa shape index (κ1) is 12.5. The van der Waals surface area contributed by atoms with Crippen LogP contribution in [0, 0.1) is 5.82 Å². The number of hydrogen-bond acceptors (Lipinski definition) is 4. The fourth-order valence-electron chi connectivity index (χ4n) is 1.31. The Morgan fingerprint density at radius 3 is 2.72 bits per heavy atom. The third-order valence-corrected chi connectivity index (χ3v) is 3.08. The van der Waals surface area contributed by atoms with E-state index in [1.54, 1.807) is 12.1 Å². The average Bonchev–Trinajstić information content (AvgIpc) is 2.81. The summed E-state index contributed by atoms with van der Waals surface area (Å²) in [5, 5.41) is 10.9. The largest absolute Gasteiger partial charge is 0.493 e. The third-order valence-electron chi connectivity index (χ3n) is 2.17. The molecule has 1 N–H and O–H groups in total. The molecule has 2 rings (SSSR count). The molecule has 0 aliphatic carbocycles. The number of ether oxygens (including phenoxy) is 1. The highest BCUT2D eigenvalue weighted by Gasteiger charge is 2.08. The quantitative estimate of drug-likeness (QED) is 0.904. The predicted molar refractivity (Wildman–Crippen MR) is 64.7 cm³/mol. The molecule has 0 fully saturated rings. The zero-order valence-corrected chi connectivity index (χ0v) is 10.1. The fraction of sp³-hybridized carbons (Fsp3) is 0.167. The number of thiazole rings is 1. The van der Waals surface area contributed by atoms with E-state index in [0.29, 0.717) is 23.8 Å². The summed E-state index contributed by atoms with van der Waals surface area (Å²) in [4.78, 5) is 14.6. The number of carbonyl (C=O) groups is 1. The Labute approximate surface area is 107 Å². The number of nitrogens with zero attached hydrogens (tertiary/aromatic N) is 1. The Kier molecular flexibility index (Phi) is 3.88. The van der Waals surface area contributed by atoms with Gasteiger partial charge in [0.2, 0.25) is 0 Å². The number of benzene rings is 1. The van der Waals surface area contributed by atoms with Crippen LogP contribution >= 0.6 is 11.3 Å². The predicted octanol–water partition coefficient (Wildman–Crippen LogP) is 2.60. The topological polar surface area (TPSA) is 59.4 Å². The fourth-order valence-corrected chi connectivity index (χ4v) is 2.06. The Morgan fingerprint density at radius 2 is 2.11 bits per heavy atom. The molecule has 1 heterocycles. The lowest BCUT2D eigenvalue weighted by molar-refractivity contribution is 0.0691. The molecule has 0 radical (unpaired) electrons. The van der Waals surface area contributed by atoms with E-state index in [1.807, 2.05) is 0 Å². The van der Waals surface area contributed by atoms with Gasteiger partial charge in [-0.05, 0) is 24.3 Å². The lowest BCUT2D eigenvalue weighted by atomic mass is 10.3. The molecular formula is C12H10FNO3S. The van der Waals surface area contributed by atoms with E-state index in [0.717, 1.165) is 0 Å². The summed E-state index contributed by atoms with van der Waals surface area (Å²) in [5.74, 6) is -0.767. The van der Waals surface area contributed by atoms with Crippen molar-refractivity contribution in [3.8, 4) is 5.75 Å². The number of hydrogen-bond donors (Lipinski definition) is 1. The van der Waals surface area contributed by atoms with E-state index < -0.39 is 5.97 Å². The molecule has 0 aliphatic heterocycles. The highest BCUT2D eigenvalue weighted by atomic mass is 32.1. The minimum Gasteiger partial charge on any atom is -0.493 e. The van der Waals surface area contributed by atoms with Gasteiger partial charge in [-0.3, -0.25) is 0 Å². The summed E-state index contributed by atoms with van der Waals surface area (Å²) in [6.45, 7) is 0.373. The van der Waals surface area contributed by atoms with E-state index >= 15 is 0 Å². The van der Waals surface area contributed by atoms with Crippen LogP contribution in [0.25, 0.3) is 0 Å². The maximum Gasteiger partial charge on any atom is 0.355 e. The van der Waals surface area contributed by atoms with Crippen LogP contribution in [0.2, 0.25) is 0 Å². The molecule has 1 aromatic heterocycles. The van der Waals surface area contributed by atoms with E-state index in [4.69, 9.17) is 9.84 Å². The Hall–Kier alpha value is -1.95. The monoisotopic (exact) mass is 267 g/mol. The third kappa shape index (κ3) is 3.27. The lowest BCUT2D eigenvalue weighted by Gasteiger charge is -2.04. The Bertz CT molecular complexity index is 539. The van der Waals surface area contributed by atoms with Crippen molar-refractivity contribution in [3.05, 3.63) is 46.2 Å². The van der Waals surface area contributed by atoms with Crippen LogP contribution in [0.1, 0.15) is 15.5 Å². The number of halogens is 1. The Morgan fingerprint density at radius 1 is 1.39 bits per heavy atom. The van der Waals surface area contributed by atoms with Gasteiger partial charge in [-0.15, -0.1) is 11.3 Å². The number of rotatable bonds is 5. The van der Waals surface area contributed by atoms with Crippen molar-refractivity contribution in [3.63, 3.8) is 0 Å². The average molecular weight is 267 g/mol. The van der Waals surface area contributed by atoms with Gasteiger partial charge >= 0.3 is 5.97 Å². The molecule has 0 bridgehead atoms. The normalized spacial score (nSPS) is 10.3. The number of carboxylic acids is 1. The number of carboxylic acid groups (broad SMARTS) is 1. The zero-order chi connectivity index (χ0) is 13.0. The first-order valence-corrected chi connectivity index (χ1v) is 6.09. The van der Waals surface area contributed by atoms with Gasteiger partial charge in [-0.1, -0.05) is 0 Å². The van der Waals surface area contributed by atoms with Crippen molar-refractivity contribution in [2.45, 2.75) is 6.42 Å². The van der Waals surface area contributed by atoms with Crippen molar-refractivity contribution < 1.29 is 19.0 Å². The number of aromatic carboxylic acids is 1. The van der Waals surface area contributed by atoms with Gasteiger partial charge in [0.15, 0.2) is 5.69 Å². The summed E-state index contributed by atoms with van der Waals surface area (Å²) in [6, 6.07) is 5.72. The molecule has 0 aliphatic rings. The van der Waals surface area contributed by atoms with Gasteiger partial charge in [0, 0.05) is 11.8 Å². The molecule has 0 saturated heterocycles. The molecular weight excluding hydrogens is 257 g/mol. The molecule has 0 amide bonds. The van der Waals surface area contributed by atoms with E-state index in [2.05, 4.69) is 4.98 Å². The molecule has 0 saturated carbocycles. The molecule has 6 heteroatoms. The van der Waals surface area contributed by atoms with Crippen LogP contribution in [0.4, 0.5) is 4.39 Å². The summed E-state index contributed by atoms with van der Waals surface area (Å²) in [5.41, 5.74) is 0.0526. The second-order valence-corrected chi connectivity index (χ2v) is 4.43. The highest BCUT2D eigenvalue weighted by Crippen LogP contribution is 2.13. The molecule has 4 nitrogen and oxygen atoms in total. The summed E-state index contributed by atoms with van der Waals surface area (Å²) in [7, 11) is 0. The first-order valence-electron chi connectivity index (χ1n) is 5.21. The van der Waals surface area contributed by atoms with Crippen molar-refractivity contribution in [1.82, 2.24) is 4.98 Å². The minimum absolute atomic E-state index is 0.0526. The van der Waals surface area contributed by atoms with Gasteiger partial charge in [-0.2, -0.15) is 0 Å². The minimum atomic E-state index is -1.03. The van der Waals surface area contributed by atoms with E-state index in [-0.39, 0.29) is 11.5 Å². The van der Waals surface area contributed by atoms with Crippen LogP contribution < -0.4 is 4.74 Å².